The summed E-state index contributed by atoms with van der Waals surface area (Å²) < 4.78 is 0. The highest BCUT2D eigenvalue weighted by Crippen LogP contribution is 1.92. The van der Waals surface area contributed by atoms with Gasteiger partial charge in [-0.3, -0.25) is 9.80 Å². The monoisotopic (exact) mass is 244 g/mol. The average Bonchev–Trinajstić information content (AvgIpc) is 2.33. The summed E-state index contributed by atoms with van der Waals surface area (Å²) in [5, 5.41) is 26.7. The number of hydrogen-bond donors (Lipinski definition) is 3. The van der Waals surface area contributed by atoms with Crippen molar-refractivity contribution in [2.75, 3.05) is 59.1 Å². The van der Waals surface area contributed by atoms with Crippen LogP contribution in [0.3, 0.4) is 0 Å². The average molecular weight is 244 g/mol. The summed E-state index contributed by atoms with van der Waals surface area (Å²) in [7, 11) is 0. The van der Waals surface area contributed by atoms with Crippen LogP contribution < -0.4 is 0 Å². The molecule has 0 aromatic carbocycles. The fourth-order valence-electron chi connectivity index (χ4n) is 1.50. The van der Waals surface area contributed by atoms with E-state index in [1.807, 2.05) is 4.90 Å². The second kappa shape index (κ2) is 11.8. The molecule has 0 rings (SSSR count). The van der Waals surface area contributed by atoms with Crippen LogP contribution >= 0.6 is 0 Å². The van der Waals surface area contributed by atoms with E-state index >= 15 is 0 Å². The van der Waals surface area contributed by atoms with Crippen LogP contribution in [0, 0.1) is 11.8 Å². The van der Waals surface area contributed by atoms with Crippen molar-refractivity contribution < 1.29 is 15.3 Å². The van der Waals surface area contributed by atoms with Gasteiger partial charge in [0.05, 0.1) is 26.4 Å². The van der Waals surface area contributed by atoms with Gasteiger partial charge >= 0.3 is 0 Å². The zero-order valence-electron chi connectivity index (χ0n) is 10.6. The molecule has 100 valence electrons. The molecule has 17 heavy (non-hydrogen) atoms. The second-order valence-corrected chi connectivity index (χ2v) is 3.72. The van der Waals surface area contributed by atoms with Gasteiger partial charge < -0.3 is 15.3 Å². The van der Waals surface area contributed by atoms with Gasteiger partial charge in [0.15, 0.2) is 0 Å². The summed E-state index contributed by atoms with van der Waals surface area (Å²) in [5.41, 5.74) is 0. The third-order valence-electron chi connectivity index (χ3n) is 2.46. The van der Waals surface area contributed by atoms with Crippen molar-refractivity contribution in [3.8, 4) is 11.8 Å². The summed E-state index contributed by atoms with van der Waals surface area (Å²) in [4.78, 5) is 4.04. The zero-order valence-corrected chi connectivity index (χ0v) is 10.6. The molecule has 3 N–H and O–H groups in total. The van der Waals surface area contributed by atoms with Crippen LogP contribution in [-0.4, -0.2) is 84.2 Å². The lowest BCUT2D eigenvalue weighted by Crippen LogP contribution is -2.39. The molecule has 0 saturated carbocycles. The van der Waals surface area contributed by atoms with E-state index in [2.05, 4.69) is 16.7 Å². The zero-order chi connectivity index (χ0) is 12.9. The number of nitrogens with zero attached hydrogens (tertiary/aromatic N) is 2. The highest BCUT2D eigenvalue weighted by Gasteiger charge is 2.07. The van der Waals surface area contributed by atoms with Gasteiger partial charge in [-0.05, 0) is 6.92 Å². The van der Waals surface area contributed by atoms with Gasteiger partial charge in [0.25, 0.3) is 0 Å². The smallest absolute Gasteiger partial charge is 0.0602 e. The molecule has 5 nitrogen and oxygen atoms in total. The molecule has 0 radical (unpaired) electrons. The molecule has 0 aliphatic carbocycles. The van der Waals surface area contributed by atoms with Crippen molar-refractivity contribution in [3.05, 3.63) is 0 Å². The fraction of sp³-hybridized carbons (Fsp3) is 0.833. The third kappa shape index (κ3) is 9.10. The maximum Gasteiger partial charge on any atom is 0.0602 e. The Balaban J connectivity index is 3.99. The molecule has 0 unspecified atom stereocenters. The van der Waals surface area contributed by atoms with Crippen LogP contribution in [0.4, 0.5) is 0 Å². The van der Waals surface area contributed by atoms with Crippen LogP contribution in [0.1, 0.15) is 6.92 Å². The van der Waals surface area contributed by atoms with E-state index in [1.165, 1.54) is 0 Å². The van der Waals surface area contributed by atoms with Crippen LogP contribution in [0.15, 0.2) is 0 Å². The first-order chi connectivity index (χ1) is 8.28. The van der Waals surface area contributed by atoms with E-state index < -0.39 is 0 Å². The lowest BCUT2D eigenvalue weighted by atomic mass is 10.4. The highest BCUT2D eigenvalue weighted by molar-refractivity contribution is 4.97. The molecule has 0 bridgehead atoms. The molecular formula is C12H24N2O3. The Morgan fingerprint density at radius 1 is 0.765 bits per heavy atom. The van der Waals surface area contributed by atoms with Crippen molar-refractivity contribution in [2.24, 2.45) is 0 Å². The number of aliphatic hydroxyl groups excluding tert-OH is 3. The third-order valence-corrected chi connectivity index (χ3v) is 2.46. The van der Waals surface area contributed by atoms with Gasteiger partial charge in [-0.15, -0.1) is 5.92 Å². The van der Waals surface area contributed by atoms with Gasteiger partial charge in [-0.2, -0.15) is 0 Å². The van der Waals surface area contributed by atoms with Crippen molar-refractivity contribution in [2.45, 2.75) is 6.92 Å². The lowest BCUT2D eigenvalue weighted by Gasteiger charge is -2.25. The molecule has 0 atom stereocenters. The number of rotatable bonds is 10. The Morgan fingerprint density at radius 3 is 1.71 bits per heavy atom. The van der Waals surface area contributed by atoms with Crippen molar-refractivity contribution in [3.63, 3.8) is 0 Å². The second-order valence-electron chi connectivity index (χ2n) is 3.72. The predicted octanol–water partition coefficient (Wildman–Crippen LogP) is -1.41. The van der Waals surface area contributed by atoms with Crippen molar-refractivity contribution in [1.29, 1.82) is 0 Å². The van der Waals surface area contributed by atoms with Crippen molar-refractivity contribution >= 4 is 0 Å². The SMILES string of the molecule is CC#CCN(CCO)CCN(CCO)CCO. The summed E-state index contributed by atoms with van der Waals surface area (Å²) in [6, 6.07) is 0. The van der Waals surface area contributed by atoms with Gasteiger partial charge in [-0.25, -0.2) is 0 Å². The Hall–Kier alpha value is -0.640. The standard InChI is InChI=1S/C12H24N2O3/c1-2-3-4-13(7-10-15)5-6-14(8-11-16)9-12-17/h15-17H,4-12H2,1H3. The van der Waals surface area contributed by atoms with E-state index in [-0.39, 0.29) is 19.8 Å². The topological polar surface area (TPSA) is 67.2 Å². The Labute approximate surface area is 104 Å². The molecule has 0 aliphatic rings. The first-order valence-corrected chi connectivity index (χ1v) is 5.95. The number of aliphatic hydroxyl groups is 3. The Kier molecular flexibility index (Phi) is 11.4. The minimum Gasteiger partial charge on any atom is -0.395 e. The normalized spacial score (nSPS) is 10.7. The molecule has 0 heterocycles. The van der Waals surface area contributed by atoms with Crippen molar-refractivity contribution in [1.82, 2.24) is 9.80 Å². The fourth-order valence-corrected chi connectivity index (χ4v) is 1.50. The van der Waals surface area contributed by atoms with E-state index in [9.17, 15) is 0 Å². The van der Waals surface area contributed by atoms with E-state index in [1.54, 1.807) is 6.92 Å². The first kappa shape index (κ1) is 16.4. The molecule has 0 fully saturated rings. The molecule has 0 aliphatic heterocycles. The molecule has 5 heteroatoms. The Morgan fingerprint density at radius 2 is 1.24 bits per heavy atom. The van der Waals surface area contributed by atoms with Crippen LogP contribution in [0.2, 0.25) is 0 Å². The van der Waals surface area contributed by atoms with Crippen LogP contribution in [0.25, 0.3) is 0 Å². The summed E-state index contributed by atoms with van der Waals surface area (Å²) in [5.74, 6) is 5.80. The largest absolute Gasteiger partial charge is 0.395 e. The van der Waals surface area contributed by atoms with Gasteiger partial charge in [0, 0.05) is 32.7 Å². The van der Waals surface area contributed by atoms with Gasteiger partial charge in [0.1, 0.15) is 0 Å². The molecule has 0 spiro atoms. The van der Waals surface area contributed by atoms with E-state index in [4.69, 9.17) is 15.3 Å². The van der Waals surface area contributed by atoms with Gasteiger partial charge in [-0.1, -0.05) is 5.92 Å². The quantitative estimate of drug-likeness (QED) is 0.412. The minimum atomic E-state index is 0.0920. The van der Waals surface area contributed by atoms with Crippen LogP contribution in [-0.2, 0) is 0 Å². The number of hydrogen-bond acceptors (Lipinski definition) is 5. The maximum absolute atomic E-state index is 8.92. The van der Waals surface area contributed by atoms with Crippen LogP contribution in [0.5, 0.6) is 0 Å². The molecule has 0 aromatic rings. The molecule has 0 aromatic heterocycles. The predicted molar refractivity (Wildman–Crippen MR) is 67.6 cm³/mol. The summed E-state index contributed by atoms with van der Waals surface area (Å²) in [6.45, 7) is 5.99. The van der Waals surface area contributed by atoms with E-state index in [0.29, 0.717) is 26.2 Å². The summed E-state index contributed by atoms with van der Waals surface area (Å²) in [6.07, 6.45) is 0. The Bertz CT molecular complexity index is 220. The van der Waals surface area contributed by atoms with E-state index in [0.717, 1.165) is 13.1 Å². The lowest BCUT2D eigenvalue weighted by molar-refractivity contribution is 0.138. The summed E-state index contributed by atoms with van der Waals surface area (Å²) >= 11 is 0. The van der Waals surface area contributed by atoms with Gasteiger partial charge in [0.2, 0.25) is 0 Å². The first-order valence-electron chi connectivity index (χ1n) is 5.95. The highest BCUT2D eigenvalue weighted by atomic mass is 16.3. The molecule has 0 amide bonds. The molecule has 0 saturated heterocycles. The minimum absolute atomic E-state index is 0.0920. The molecular weight excluding hydrogens is 220 g/mol. The maximum atomic E-state index is 8.92.